The zero-order valence-electron chi connectivity index (χ0n) is 8.42. The third-order valence-corrected chi connectivity index (χ3v) is 1.68. The molecule has 1 aromatic rings. The second-order valence-electron chi connectivity index (χ2n) is 2.70. The number of ether oxygens (including phenoxy) is 2. The van der Waals surface area contributed by atoms with Gasteiger partial charge in [0.1, 0.15) is 5.82 Å². The van der Waals surface area contributed by atoms with Crippen molar-refractivity contribution in [2.45, 2.75) is 20.1 Å². The highest BCUT2D eigenvalue weighted by atomic mass is 19.1. The van der Waals surface area contributed by atoms with Crippen LogP contribution < -0.4 is 0 Å². The topological polar surface area (TPSA) is 18.5 Å². The molecule has 0 amide bonds. The normalized spacial score (nSPS) is 10.9. The van der Waals surface area contributed by atoms with Crippen LogP contribution in [0.3, 0.4) is 0 Å². The van der Waals surface area contributed by atoms with Crippen molar-refractivity contribution < 1.29 is 13.9 Å². The van der Waals surface area contributed by atoms with Crippen molar-refractivity contribution in [3.05, 3.63) is 35.6 Å². The lowest BCUT2D eigenvalue weighted by molar-refractivity contribution is -0.140. The second kappa shape index (κ2) is 5.73. The van der Waals surface area contributed by atoms with Crippen molar-refractivity contribution in [2.75, 3.05) is 13.2 Å². The van der Waals surface area contributed by atoms with Gasteiger partial charge in [0.05, 0.1) is 0 Å². The van der Waals surface area contributed by atoms with E-state index in [2.05, 4.69) is 6.07 Å². The van der Waals surface area contributed by atoms with Crippen LogP contribution >= 0.6 is 0 Å². The van der Waals surface area contributed by atoms with E-state index in [1.165, 1.54) is 18.2 Å². The molecule has 0 N–H and O–H groups in total. The first kappa shape index (κ1) is 11.1. The number of hydrogen-bond acceptors (Lipinski definition) is 2. The SMILES string of the molecule is CCOC(OCC)c1[c]ccc(F)c1. The van der Waals surface area contributed by atoms with E-state index >= 15 is 0 Å². The maximum absolute atomic E-state index is 12.9. The number of halogens is 1. The van der Waals surface area contributed by atoms with Crippen LogP contribution in [0.1, 0.15) is 25.7 Å². The highest BCUT2D eigenvalue weighted by Crippen LogP contribution is 2.18. The van der Waals surface area contributed by atoms with E-state index in [1.54, 1.807) is 0 Å². The Bertz CT molecular complexity index is 270. The minimum Gasteiger partial charge on any atom is -0.349 e. The molecule has 0 saturated heterocycles. The predicted octanol–water partition coefficient (Wildman–Crippen LogP) is 2.70. The molecule has 1 rings (SSSR count). The Morgan fingerprint density at radius 1 is 1.36 bits per heavy atom. The molecule has 3 heteroatoms. The van der Waals surface area contributed by atoms with Crippen LogP contribution in [-0.2, 0) is 9.47 Å². The van der Waals surface area contributed by atoms with Crippen molar-refractivity contribution in [3.8, 4) is 0 Å². The van der Waals surface area contributed by atoms with Gasteiger partial charge in [0, 0.05) is 18.8 Å². The molecule has 0 aromatic heterocycles. The summed E-state index contributed by atoms with van der Waals surface area (Å²) in [7, 11) is 0. The Labute approximate surface area is 83.6 Å². The Balaban J connectivity index is 2.75. The Hall–Kier alpha value is -0.930. The first-order chi connectivity index (χ1) is 6.77. The summed E-state index contributed by atoms with van der Waals surface area (Å²) in [6, 6.07) is 7.13. The van der Waals surface area contributed by atoms with Crippen LogP contribution in [0.2, 0.25) is 0 Å². The zero-order valence-corrected chi connectivity index (χ0v) is 8.42. The first-order valence-electron chi connectivity index (χ1n) is 4.68. The van der Waals surface area contributed by atoms with Gasteiger partial charge in [0.25, 0.3) is 0 Å². The summed E-state index contributed by atoms with van der Waals surface area (Å²) in [5.41, 5.74) is 0.591. The molecule has 0 saturated carbocycles. The van der Waals surface area contributed by atoms with Crippen molar-refractivity contribution >= 4 is 0 Å². The molecule has 0 aliphatic carbocycles. The summed E-state index contributed by atoms with van der Waals surface area (Å²) in [5, 5.41) is 0. The molecule has 1 aromatic carbocycles. The van der Waals surface area contributed by atoms with E-state index in [4.69, 9.17) is 9.47 Å². The lowest BCUT2D eigenvalue weighted by Gasteiger charge is -2.16. The molecular weight excluding hydrogens is 183 g/mol. The van der Waals surface area contributed by atoms with Crippen LogP contribution in [0.15, 0.2) is 18.2 Å². The molecule has 0 spiro atoms. The van der Waals surface area contributed by atoms with E-state index in [0.29, 0.717) is 18.8 Å². The van der Waals surface area contributed by atoms with E-state index in [-0.39, 0.29) is 5.82 Å². The number of hydrogen-bond donors (Lipinski definition) is 0. The van der Waals surface area contributed by atoms with Gasteiger partial charge in [-0.3, -0.25) is 0 Å². The fourth-order valence-corrected chi connectivity index (χ4v) is 1.12. The zero-order chi connectivity index (χ0) is 10.4. The van der Waals surface area contributed by atoms with Crippen molar-refractivity contribution in [3.63, 3.8) is 0 Å². The standard InChI is InChI=1S/C11H14FO2/c1-3-13-11(14-4-2)9-6-5-7-10(12)8-9/h5,7-8,11H,3-4H2,1-2H3. The Morgan fingerprint density at radius 2 is 2.00 bits per heavy atom. The van der Waals surface area contributed by atoms with Crippen molar-refractivity contribution in [2.24, 2.45) is 0 Å². The highest BCUT2D eigenvalue weighted by molar-refractivity contribution is 5.15. The van der Waals surface area contributed by atoms with Crippen LogP contribution in [0.5, 0.6) is 0 Å². The van der Waals surface area contributed by atoms with Gasteiger partial charge < -0.3 is 9.47 Å². The van der Waals surface area contributed by atoms with Crippen molar-refractivity contribution in [1.82, 2.24) is 0 Å². The smallest absolute Gasteiger partial charge is 0.184 e. The molecule has 0 atom stereocenters. The fraction of sp³-hybridized carbons (Fsp3) is 0.455. The minimum absolute atomic E-state index is 0.303. The van der Waals surface area contributed by atoms with Gasteiger partial charge in [-0.25, -0.2) is 4.39 Å². The van der Waals surface area contributed by atoms with Gasteiger partial charge in [-0.05, 0) is 32.0 Å². The quantitative estimate of drug-likeness (QED) is 0.676. The van der Waals surface area contributed by atoms with E-state index in [1.807, 2.05) is 13.8 Å². The maximum atomic E-state index is 12.9. The van der Waals surface area contributed by atoms with Crippen LogP contribution in [0.4, 0.5) is 4.39 Å². The molecule has 0 aliphatic rings. The summed E-state index contributed by atoms with van der Waals surface area (Å²) >= 11 is 0. The molecule has 0 aliphatic heterocycles. The Morgan fingerprint density at radius 3 is 2.50 bits per heavy atom. The lowest BCUT2D eigenvalue weighted by Crippen LogP contribution is -2.09. The number of rotatable bonds is 5. The molecule has 0 bridgehead atoms. The van der Waals surface area contributed by atoms with Gasteiger partial charge in [-0.15, -0.1) is 0 Å². The first-order valence-corrected chi connectivity index (χ1v) is 4.68. The van der Waals surface area contributed by atoms with E-state index < -0.39 is 6.29 Å². The molecule has 2 nitrogen and oxygen atoms in total. The largest absolute Gasteiger partial charge is 0.349 e. The van der Waals surface area contributed by atoms with Crippen molar-refractivity contribution in [1.29, 1.82) is 0 Å². The summed E-state index contributed by atoms with van der Waals surface area (Å²) in [4.78, 5) is 0. The minimum atomic E-state index is -0.513. The molecular formula is C11H14FO2. The third-order valence-electron chi connectivity index (χ3n) is 1.68. The molecule has 0 fully saturated rings. The summed E-state index contributed by atoms with van der Waals surface area (Å²) in [6.07, 6.45) is -0.513. The molecule has 14 heavy (non-hydrogen) atoms. The van der Waals surface area contributed by atoms with E-state index in [9.17, 15) is 4.39 Å². The summed E-state index contributed by atoms with van der Waals surface area (Å²) < 4.78 is 23.5. The fourth-order valence-electron chi connectivity index (χ4n) is 1.12. The van der Waals surface area contributed by atoms with Gasteiger partial charge in [-0.1, -0.05) is 6.07 Å². The monoisotopic (exact) mass is 197 g/mol. The molecule has 1 radical (unpaired) electrons. The van der Waals surface area contributed by atoms with Crippen LogP contribution in [0, 0.1) is 11.9 Å². The van der Waals surface area contributed by atoms with E-state index in [0.717, 1.165) is 0 Å². The number of benzene rings is 1. The van der Waals surface area contributed by atoms with Gasteiger partial charge >= 0.3 is 0 Å². The van der Waals surface area contributed by atoms with Crippen LogP contribution in [-0.4, -0.2) is 13.2 Å². The molecule has 0 heterocycles. The highest BCUT2D eigenvalue weighted by Gasteiger charge is 2.11. The maximum Gasteiger partial charge on any atom is 0.184 e. The predicted molar refractivity (Wildman–Crippen MR) is 51.2 cm³/mol. The van der Waals surface area contributed by atoms with Gasteiger partial charge in [0.15, 0.2) is 6.29 Å². The second-order valence-corrected chi connectivity index (χ2v) is 2.70. The average Bonchev–Trinajstić information content (AvgIpc) is 2.17. The molecule has 0 unspecified atom stereocenters. The average molecular weight is 197 g/mol. The van der Waals surface area contributed by atoms with Gasteiger partial charge in [0.2, 0.25) is 0 Å². The third kappa shape index (κ3) is 3.09. The summed E-state index contributed by atoms with van der Waals surface area (Å²) in [5.74, 6) is -0.303. The van der Waals surface area contributed by atoms with Crippen LogP contribution in [0.25, 0.3) is 0 Å². The Kier molecular flexibility index (Phi) is 4.56. The van der Waals surface area contributed by atoms with Gasteiger partial charge in [-0.2, -0.15) is 0 Å². The molecule has 77 valence electrons. The summed E-state index contributed by atoms with van der Waals surface area (Å²) in [6.45, 7) is 4.78. The lowest BCUT2D eigenvalue weighted by atomic mass is 10.2.